The fourth-order valence-electron chi connectivity index (χ4n) is 1.31. The Bertz CT molecular complexity index is 490. The number of carboxylic acid groups (broad SMARTS) is 1. The molecule has 21 heavy (non-hydrogen) atoms. The first-order valence-corrected chi connectivity index (χ1v) is 6.75. The highest BCUT2D eigenvalue weighted by Gasteiger charge is 2.27. The highest BCUT2D eigenvalue weighted by molar-refractivity contribution is 7.13. The average Bonchev–Trinajstić information content (AvgIpc) is 2.74. The molecule has 0 spiro atoms. The zero-order valence-corrected chi connectivity index (χ0v) is 11.6. The number of carbonyl (C=O) groups is 2. The maximum atomic E-state index is 11.8. The quantitative estimate of drug-likeness (QED) is 0.763. The van der Waals surface area contributed by atoms with Gasteiger partial charge in [-0.3, -0.25) is 14.9 Å². The molecule has 1 heterocycles. The normalized spacial score (nSPS) is 11.4. The van der Waals surface area contributed by atoms with Gasteiger partial charge in [0.2, 0.25) is 0 Å². The molecule has 0 radical (unpaired) electrons. The van der Waals surface area contributed by atoms with Gasteiger partial charge in [-0.05, 0) is 12.8 Å². The number of aliphatic carboxylic acids is 1. The molecule has 0 aliphatic carbocycles. The number of aromatic nitrogens is 1. The van der Waals surface area contributed by atoms with Gasteiger partial charge >= 0.3 is 12.1 Å². The minimum atomic E-state index is -4.47. The van der Waals surface area contributed by atoms with E-state index in [1.165, 1.54) is 0 Å². The van der Waals surface area contributed by atoms with E-state index < -0.39 is 31.3 Å². The summed E-state index contributed by atoms with van der Waals surface area (Å²) in [5.41, 5.74) is 0.618. The van der Waals surface area contributed by atoms with Crippen LogP contribution in [0.25, 0.3) is 0 Å². The summed E-state index contributed by atoms with van der Waals surface area (Å²) in [7, 11) is 0. The van der Waals surface area contributed by atoms with Crippen LogP contribution < -0.4 is 5.32 Å². The Labute approximate surface area is 121 Å². The highest BCUT2D eigenvalue weighted by Crippen LogP contribution is 2.17. The highest BCUT2D eigenvalue weighted by atomic mass is 32.1. The van der Waals surface area contributed by atoms with E-state index in [9.17, 15) is 22.8 Å². The number of amides is 1. The second-order valence-electron chi connectivity index (χ2n) is 4.05. The molecule has 1 aromatic heterocycles. The maximum absolute atomic E-state index is 11.8. The monoisotopic (exact) mass is 326 g/mol. The van der Waals surface area contributed by atoms with Crippen LogP contribution in [0.15, 0.2) is 5.38 Å². The lowest BCUT2D eigenvalue weighted by molar-refractivity contribution is -0.174. The lowest BCUT2D eigenvalue weighted by Gasteiger charge is -2.06. The van der Waals surface area contributed by atoms with Gasteiger partial charge in [0.1, 0.15) is 13.2 Å². The largest absolute Gasteiger partial charge is 0.481 e. The fraction of sp³-hybridized carbons (Fsp3) is 0.545. The van der Waals surface area contributed by atoms with Gasteiger partial charge in [0.25, 0.3) is 5.91 Å². The minimum Gasteiger partial charge on any atom is -0.481 e. The molecule has 1 rings (SSSR count). The van der Waals surface area contributed by atoms with Gasteiger partial charge in [-0.1, -0.05) is 0 Å². The van der Waals surface area contributed by atoms with Gasteiger partial charge in [-0.15, -0.1) is 11.3 Å². The summed E-state index contributed by atoms with van der Waals surface area (Å²) in [6.07, 6.45) is -3.59. The molecule has 118 valence electrons. The zero-order valence-electron chi connectivity index (χ0n) is 10.8. The van der Waals surface area contributed by atoms with Crippen LogP contribution in [0.3, 0.4) is 0 Å². The lowest BCUT2D eigenvalue weighted by atomic mass is 10.2. The van der Waals surface area contributed by atoms with Gasteiger partial charge in [-0.2, -0.15) is 13.2 Å². The molecule has 10 heteroatoms. The van der Waals surface area contributed by atoms with Crippen LogP contribution >= 0.6 is 11.3 Å². The number of aryl methyl sites for hydroxylation is 1. The zero-order chi connectivity index (χ0) is 15.9. The predicted molar refractivity (Wildman–Crippen MR) is 68.2 cm³/mol. The minimum absolute atomic E-state index is 0.0184. The molecule has 0 aromatic carbocycles. The molecular formula is C11H13F3N2O4S. The van der Waals surface area contributed by atoms with Crippen LogP contribution in [0.4, 0.5) is 18.3 Å². The molecular weight excluding hydrogens is 313 g/mol. The molecule has 0 unspecified atom stereocenters. The second kappa shape index (κ2) is 7.93. The number of nitrogens with one attached hydrogen (secondary N) is 1. The topological polar surface area (TPSA) is 88.5 Å². The Hall–Kier alpha value is -1.68. The summed E-state index contributed by atoms with van der Waals surface area (Å²) in [5, 5.41) is 12.7. The molecule has 0 fully saturated rings. The van der Waals surface area contributed by atoms with Crippen molar-refractivity contribution >= 4 is 28.3 Å². The van der Waals surface area contributed by atoms with Crippen LogP contribution in [0.5, 0.6) is 0 Å². The van der Waals surface area contributed by atoms with E-state index in [-0.39, 0.29) is 11.6 Å². The summed E-state index contributed by atoms with van der Waals surface area (Å²) < 4.78 is 39.6. The van der Waals surface area contributed by atoms with Gasteiger partial charge in [-0.25, -0.2) is 4.98 Å². The van der Waals surface area contributed by atoms with Crippen molar-refractivity contribution in [2.45, 2.75) is 25.4 Å². The maximum Gasteiger partial charge on any atom is 0.411 e. The number of ether oxygens (including phenoxy) is 1. The molecule has 0 bridgehead atoms. The number of hydrogen-bond acceptors (Lipinski definition) is 5. The smallest absolute Gasteiger partial charge is 0.411 e. The third-order valence-electron chi connectivity index (χ3n) is 2.12. The van der Waals surface area contributed by atoms with E-state index >= 15 is 0 Å². The van der Waals surface area contributed by atoms with E-state index in [1.54, 1.807) is 5.38 Å². The number of nitrogens with zero attached hydrogens (tertiary/aromatic N) is 1. The first-order valence-electron chi connectivity index (χ1n) is 5.87. The number of thiazole rings is 1. The Kier molecular flexibility index (Phi) is 6.56. The third kappa shape index (κ3) is 8.25. The number of carbonyl (C=O) groups excluding carboxylic acids is 1. The summed E-state index contributed by atoms with van der Waals surface area (Å²) in [6.45, 7) is -2.20. The first kappa shape index (κ1) is 17.4. The van der Waals surface area contributed by atoms with E-state index in [2.05, 4.69) is 15.0 Å². The van der Waals surface area contributed by atoms with Crippen molar-refractivity contribution in [3.63, 3.8) is 0 Å². The van der Waals surface area contributed by atoms with Gasteiger partial charge in [0.15, 0.2) is 5.13 Å². The number of rotatable bonds is 8. The summed E-state index contributed by atoms with van der Waals surface area (Å²) >= 11 is 1.11. The predicted octanol–water partition coefficient (Wildman–Crippen LogP) is 2.07. The lowest BCUT2D eigenvalue weighted by Crippen LogP contribution is -2.23. The van der Waals surface area contributed by atoms with Gasteiger partial charge in [0, 0.05) is 11.8 Å². The number of anilines is 1. The SMILES string of the molecule is O=C(O)CCCc1csc(NC(=O)COCC(F)(F)F)n1. The average molecular weight is 326 g/mol. The first-order chi connectivity index (χ1) is 9.76. The molecule has 1 amide bonds. The molecule has 0 saturated heterocycles. The van der Waals surface area contributed by atoms with Crippen molar-refractivity contribution in [1.82, 2.24) is 4.98 Å². The van der Waals surface area contributed by atoms with Crippen molar-refractivity contribution in [2.75, 3.05) is 18.5 Å². The van der Waals surface area contributed by atoms with E-state index in [0.29, 0.717) is 18.5 Å². The number of alkyl halides is 3. The Balaban J connectivity index is 2.30. The summed E-state index contributed by atoms with van der Waals surface area (Å²) in [4.78, 5) is 25.7. The van der Waals surface area contributed by atoms with E-state index in [4.69, 9.17) is 5.11 Å². The van der Waals surface area contributed by atoms with Crippen molar-refractivity contribution in [3.8, 4) is 0 Å². The summed E-state index contributed by atoms with van der Waals surface area (Å²) in [5.74, 6) is -1.63. The van der Waals surface area contributed by atoms with Crippen LogP contribution in [0, 0.1) is 0 Å². The van der Waals surface area contributed by atoms with Crippen LogP contribution in [-0.4, -0.2) is 41.4 Å². The van der Waals surface area contributed by atoms with Crippen molar-refractivity contribution in [3.05, 3.63) is 11.1 Å². The standard InChI is InChI=1S/C11H13F3N2O4S/c12-11(13,14)6-20-4-8(17)16-10-15-7(5-21-10)2-1-3-9(18)19/h5H,1-4,6H2,(H,18,19)(H,15,16,17). The molecule has 2 N–H and O–H groups in total. The van der Waals surface area contributed by atoms with Crippen LogP contribution in [0.1, 0.15) is 18.5 Å². The molecule has 0 atom stereocenters. The number of hydrogen-bond donors (Lipinski definition) is 2. The van der Waals surface area contributed by atoms with Crippen molar-refractivity contribution < 1.29 is 32.6 Å². The molecule has 6 nitrogen and oxygen atoms in total. The van der Waals surface area contributed by atoms with Crippen LogP contribution in [-0.2, 0) is 20.7 Å². The Morgan fingerprint density at radius 3 is 2.76 bits per heavy atom. The Morgan fingerprint density at radius 2 is 2.14 bits per heavy atom. The number of carboxylic acids is 1. The molecule has 1 aromatic rings. The number of halogens is 3. The van der Waals surface area contributed by atoms with E-state index in [1.807, 2.05) is 0 Å². The Morgan fingerprint density at radius 1 is 1.43 bits per heavy atom. The van der Waals surface area contributed by atoms with Crippen LogP contribution in [0.2, 0.25) is 0 Å². The molecule has 0 aliphatic rings. The van der Waals surface area contributed by atoms with Crippen molar-refractivity contribution in [2.24, 2.45) is 0 Å². The fourth-order valence-corrected chi connectivity index (χ4v) is 2.08. The van der Waals surface area contributed by atoms with Gasteiger partial charge in [0.05, 0.1) is 5.69 Å². The van der Waals surface area contributed by atoms with Gasteiger partial charge < -0.3 is 9.84 Å². The van der Waals surface area contributed by atoms with E-state index in [0.717, 1.165) is 11.3 Å². The second-order valence-corrected chi connectivity index (χ2v) is 4.91. The summed E-state index contributed by atoms with van der Waals surface area (Å²) in [6, 6.07) is 0. The third-order valence-corrected chi connectivity index (χ3v) is 2.93. The van der Waals surface area contributed by atoms with Crippen molar-refractivity contribution in [1.29, 1.82) is 0 Å². The molecule has 0 aliphatic heterocycles. The molecule has 0 saturated carbocycles.